The zero-order valence-electron chi connectivity index (χ0n) is 16.2. The highest BCUT2D eigenvalue weighted by atomic mass is 16.5. The second kappa shape index (κ2) is 9.88. The summed E-state index contributed by atoms with van der Waals surface area (Å²) < 4.78 is 12.1. The van der Waals surface area contributed by atoms with E-state index in [0.29, 0.717) is 36.2 Å². The van der Waals surface area contributed by atoms with Gasteiger partial charge in [0.15, 0.2) is 17.3 Å². The Labute approximate surface area is 168 Å². The van der Waals surface area contributed by atoms with Crippen molar-refractivity contribution in [3.8, 4) is 17.3 Å². The van der Waals surface area contributed by atoms with Crippen LogP contribution in [0.3, 0.4) is 0 Å². The van der Waals surface area contributed by atoms with Gasteiger partial charge in [0.1, 0.15) is 5.82 Å². The van der Waals surface area contributed by atoms with Crippen LogP contribution in [0.4, 0.5) is 5.82 Å². The number of nitrogens with zero attached hydrogens (tertiary/aromatic N) is 4. The minimum Gasteiger partial charge on any atom is -0.493 e. The molecular formula is C20H22N6O3. The van der Waals surface area contributed by atoms with Crippen LogP contribution in [0, 0.1) is 0 Å². The number of aromatic nitrogens is 4. The average Bonchev–Trinajstić information content (AvgIpc) is 3.30. The van der Waals surface area contributed by atoms with E-state index in [-0.39, 0.29) is 5.91 Å². The minimum atomic E-state index is -0.193. The summed E-state index contributed by atoms with van der Waals surface area (Å²) >= 11 is 0. The maximum Gasteiger partial charge on any atom is 0.244 e. The molecule has 0 unspecified atom stereocenters. The van der Waals surface area contributed by atoms with Gasteiger partial charge in [-0.05, 0) is 42.0 Å². The van der Waals surface area contributed by atoms with Crippen molar-refractivity contribution in [2.24, 2.45) is 0 Å². The molecule has 1 amide bonds. The van der Waals surface area contributed by atoms with Gasteiger partial charge in [-0.3, -0.25) is 4.79 Å². The quantitative estimate of drug-likeness (QED) is 0.422. The van der Waals surface area contributed by atoms with E-state index >= 15 is 0 Å². The molecule has 0 saturated heterocycles. The Bertz CT molecular complexity index is 955. The van der Waals surface area contributed by atoms with Crippen LogP contribution in [0.2, 0.25) is 0 Å². The molecule has 2 aromatic heterocycles. The van der Waals surface area contributed by atoms with Crippen LogP contribution in [0.15, 0.2) is 54.9 Å². The molecule has 1 aromatic carbocycles. The van der Waals surface area contributed by atoms with E-state index in [0.717, 1.165) is 5.56 Å². The third-order valence-corrected chi connectivity index (χ3v) is 3.95. The zero-order valence-corrected chi connectivity index (χ0v) is 16.2. The fourth-order valence-electron chi connectivity index (χ4n) is 2.51. The lowest BCUT2D eigenvalue weighted by Crippen LogP contribution is -2.27. The molecular weight excluding hydrogens is 372 g/mol. The lowest BCUT2D eigenvalue weighted by molar-refractivity contribution is -0.116. The molecule has 0 aliphatic heterocycles. The Balaban J connectivity index is 1.42. The minimum absolute atomic E-state index is 0.193. The number of benzene rings is 1. The van der Waals surface area contributed by atoms with E-state index in [9.17, 15) is 4.79 Å². The molecule has 0 bridgehead atoms. The van der Waals surface area contributed by atoms with Crippen LogP contribution in [0.5, 0.6) is 11.5 Å². The summed E-state index contributed by atoms with van der Waals surface area (Å²) in [5, 5.41) is 18.2. The first-order chi connectivity index (χ1) is 14.2. The van der Waals surface area contributed by atoms with Crippen LogP contribution >= 0.6 is 0 Å². The van der Waals surface area contributed by atoms with E-state index in [1.165, 1.54) is 6.08 Å². The number of methoxy groups -OCH3 is 2. The fraction of sp³-hybridized carbons (Fsp3) is 0.200. The average molecular weight is 394 g/mol. The van der Waals surface area contributed by atoms with Crippen molar-refractivity contribution < 1.29 is 14.3 Å². The first-order valence-corrected chi connectivity index (χ1v) is 8.95. The maximum absolute atomic E-state index is 12.0. The zero-order chi connectivity index (χ0) is 20.5. The number of nitrogens with one attached hydrogen (secondary N) is 2. The first kappa shape index (κ1) is 19.9. The molecule has 0 aliphatic carbocycles. The SMILES string of the molecule is COc1ccc(/C=C/C(=O)NCCNc2ccc(-n3cccn3)nn2)cc1OC. The fourth-order valence-corrected chi connectivity index (χ4v) is 2.51. The highest BCUT2D eigenvalue weighted by Crippen LogP contribution is 2.27. The number of carbonyl (C=O) groups is 1. The molecule has 0 radical (unpaired) electrons. The van der Waals surface area contributed by atoms with Crippen molar-refractivity contribution in [2.45, 2.75) is 0 Å². The number of rotatable bonds is 9. The lowest BCUT2D eigenvalue weighted by atomic mass is 10.2. The summed E-state index contributed by atoms with van der Waals surface area (Å²) in [5.74, 6) is 2.31. The second-order valence-electron chi connectivity index (χ2n) is 5.89. The lowest BCUT2D eigenvalue weighted by Gasteiger charge is -2.08. The van der Waals surface area contributed by atoms with Gasteiger partial charge in [-0.2, -0.15) is 5.10 Å². The smallest absolute Gasteiger partial charge is 0.244 e. The Morgan fingerprint density at radius 1 is 1.10 bits per heavy atom. The summed E-state index contributed by atoms with van der Waals surface area (Å²) in [7, 11) is 3.15. The molecule has 0 saturated carbocycles. The summed E-state index contributed by atoms with van der Waals surface area (Å²) in [6, 6.07) is 10.9. The summed E-state index contributed by atoms with van der Waals surface area (Å²) in [4.78, 5) is 12.0. The molecule has 0 fully saturated rings. The molecule has 3 rings (SSSR count). The Kier molecular flexibility index (Phi) is 6.77. The number of ether oxygens (including phenoxy) is 2. The van der Waals surface area contributed by atoms with Gasteiger partial charge < -0.3 is 20.1 Å². The Morgan fingerprint density at radius 3 is 2.66 bits per heavy atom. The summed E-state index contributed by atoms with van der Waals surface area (Å²) in [6.45, 7) is 0.962. The van der Waals surface area contributed by atoms with Gasteiger partial charge >= 0.3 is 0 Å². The van der Waals surface area contributed by atoms with Gasteiger partial charge in [0, 0.05) is 31.6 Å². The van der Waals surface area contributed by atoms with Gasteiger partial charge in [-0.15, -0.1) is 10.2 Å². The van der Waals surface area contributed by atoms with Crippen molar-refractivity contribution in [1.82, 2.24) is 25.3 Å². The molecule has 2 N–H and O–H groups in total. The largest absolute Gasteiger partial charge is 0.493 e. The van der Waals surface area contributed by atoms with E-state index in [4.69, 9.17) is 9.47 Å². The van der Waals surface area contributed by atoms with Crippen molar-refractivity contribution in [3.63, 3.8) is 0 Å². The van der Waals surface area contributed by atoms with Crippen molar-refractivity contribution in [3.05, 3.63) is 60.4 Å². The van der Waals surface area contributed by atoms with Crippen molar-refractivity contribution >= 4 is 17.8 Å². The Hall–Kier alpha value is -3.88. The maximum atomic E-state index is 12.0. The van der Waals surface area contributed by atoms with Crippen molar-refractivity contribution in [2.75, 3.05) is 32.6 Å². The van der Waals surface area contributed by atoms with Gasteiger partial charge in [0.05, 0.1) is 14.2 Å². The number of anilines is 1. The molecule has 9 nitrogen and oxygen atoms in total. The third-order valence-electron chi connectivity index (χ3n) is 3.95. The predicted octanol–water partition coefficient (Wildman–Crippen LogP) is 1.92. The normalized spacial score (nSPS) is 10.7. The monoisotopic (exact) mass is 394 g/mol. The molecule has 0 atom stereocenters. The van der Waals surface area contributed by atoms with Gasteiger partial charge in [0.2, 0.25) is 5.91 Å². The topological polar surface area (TPSA) is 103 Å². The molecule has 0 aliphatic rings. The van der Waals surface area contributed by atoms with E-state index in [1.807, 2.05) is 24.3 Å². The predicted molar refractivity (Wildman–Crippen MR) is 109 cm³/mol. The molecule has 9 heteroatoms. The van der Waals surface area contributed by atoms with Gasteiger partial charge in [0.25, 0.3) is 0 Å². The number of hydrogen-bond acceptors (Lipinski definition) is 7. The van der Waals surface area contributed by atoms with Crippen LogP contribution in [-0.2, 0) is 4.79 Å². The van der Waals surface area contributed by atoms with E-state index in [2.05, 4.69) is 25.9 Å². The molecule has 3 aromatic rings. The highest BCUT2D eigenvalue weighted by Gasteiger charge is 2.03. The van der Waals surface area contributed by atoms with Gasteiger partial charge in [-0.25, -0.2) is 4.68 Å². The van der Waals surface area contributed by atoms with Gasteiger partial charge in [-0.1, -0.05) is 6.07 Å². The van der Waals surface area contributed by atoms with Crippen molar-refractivity contribution in [1.29, 1.82) is 0 Å². The first-order valence-electron chi connectivity index (χ1n) is 8.95. The highest BCUT2D eigenvalue weighted by molar-refractivity contribution is 5.91. The number of amides is 1. The van der Waals surface area contributed by atoms with E-state index < -0.39 is 0 Å². The molecule has 2 heterocycles. The third kappa shape index (κ3) is 5.55. The van der Waals surface area contributed by atoms with E-state index in [1.54, 1.807) is 49.5 Å². The molecule has 29 heavy (non-hydrogen) atoms. The Morgan fingerprint density at radius 2 is 1.97 bits per heavy atom. The second-order valence-corrected chi connectivity index (χ2v) is 5.89. The number of hydrogen-bond donors (Lipinski definition) is 2. The molecule has 150 valence electrons. The summed E-state index contributed by atoms with van der Waals surface area (Å²) in [5.41, 5.74) is 0.837. The number of carbonyl (C=O) groups excluding carboxylic acids is 1. The van der Waals surface area contributed by atoms with Crippen LogP contribution in [-0.4, -0.2) is 53.2 Å². The van der Waals surface area contributed by atoms with Crippen LogP contribution < -0.4 is 20.1 Å². The standard InChI is InChI=1S/C20H22N6O3/c1-28-16-6-4-15(14-17(16)29-2)5-9-20(27)22-12-11-21-18-7-8-19(25-24-18)26-13-3-10-23-26/h3-10,13-14H,11-12H2,1-2H3,(H,21,24)(H,22,27)/b9-5+. The summed E-state index contributed by atoms with van der Waals surface area (Å²) in [6.07, 6.45) is 6.66. The molecule has 0 spiro atoms. The van der Waals surface area contributed by atoms with Crippen LogP contribution in [0.25, 0.3) is 11.9 Å². The van der Waals surface area contributed by atoms with Crippen LogP contribution in [0.1, 0.15) is 5.56 Å².